The van der Waals surface area contributed by atoms with Crippen LogP contribution in [0.3, 0.4) is 0 Å². The number of aromatic nitrogens is 5. The monoisotopic (exact) mass is 527 g/mol. The van der Waals surface area contributed by atoms with Gasteiger partial charge < -0.3 is 10.6 Å². The van der Waals surface area contributed by atoms with E-state index in [0.717, 1.165) is 31.2 Å². The SMILES string of the molecule is CC[C@@H]1C[C@H](Cc2cnn3cc([C@@H](NC(=O)c4nonc4C4CC4)C4CCC(F)(F)CC4)nc3c2)C(=O)N1. The first-order chi connectivity index (χ1) is 18.3. The van der Waals surface area contributed by atoms with Crippen molar-refractivity contribution in [2.24, 2.45) is 11.8 Å². The molecule has 1 aliphatic heterocycles. The highest BCUT2D eigenvalue weighted by Crippen LogP contribution is 2.42. The lowest BCUT2D eigenvalue weighted by molar-refractivity contribution is -0.122. The second kappa shape index (κ2) is 9.70. The van der Waals surface area contributed by atoms with Gasteiger partial charge in [0.25, 0.3) is 5.91 Å². The number of nitrogens with one attached hydrogen (secondary N) is 2. The molecule has 0 spiro atoms. The maximum Gasteiger partial charge on any atom is 0.276 e. The van der Waals surface area contributed by atoms with Gasteiger partial charge in [0.2, 0.25) is 11.8 Å². The Labute approximate surface area is 217 Å². The van der Waals surface area contributed by atoms with Crippen LogP contribution in [0.4, 0.5) is 8.78 Å². The van der Waals surface area contributed by atoms with Crippen LogP contribution in [-0.4, -0.2) is 48.7 Å². The molecule has 2 saturated carbocycles. The van der Waals surface area contributed by atoms with Crippen LogP contribution < -0.4 is 10.6 Å². The first-order valence-corrected chi connectivity index (χ1v) is 13.5. The summed E-state index contributed by atoms with van der Waals surface area (Å²) >= 11 is 0. The molecule has 0 bridgehead atoms. The number of imidazole rings is 1. The van der Waals surface area contributed by atoms with E-state index in [1.165, 1.54) is 0 Å². The highest BCUT2D eigenvalue weighted by atomic mass is 19.3. The highest BCUT2D eigenvalue weighted by Gasteiger charge is 2.40. The highest BCUT2D eigenvalue weighted by molar-refractivity contribution is 5.93. The summed E-state index contributed by atoms with van der Waals surface area (Å²) in [5, 5.41) is 18.2. The Morgan fingerprint density at radius 2 is 2.05 bits per heavy atom. The molecule has 3 fully saturated rings. The first kappa shape index (κ1) is 24.9. The molecular formula is C26H31F2N7O3. The summed E-state index contributed by atoms with van der Waals surface area (Å²) in [5.41, 5.74) is 2.70. The molecule has 38 heavy (non-hydrogen) atoms. The third-order valence-electron chi connectivity index (χ3n) is 8.19. The number of carbonyl (C=O) groups is 2. The van der Waals surface area contributed by atoms with E-state index in [1.807, 2.05) is 6.07 Å². The van der Waals surface area contributed by atoms with Gasteiger partial charge in [0, 0.05) is 30.7 Å². The van der Waals surface area contributed by atoms with Crippen LogP contribution in [0, 0.1) is 11.8 Å². The van der Waals surface area contributed by atoms with E-state index in [4.69, 9.17) is 9.61 Å². The maximum absolute atomic E-state index is 14.0. The van der Waals surface area contributed by atoms with Crippen LogP contribution in [-0.2, 0) is 11.2 Å². The van der Waals surface area contributed by atoms with Crippen molar-refractivity contribution in [1.29, 1.82) is 0 Å². The number of alkyl halides is 2. The maximum atomic E-state index is 14.0. The molecule has 2 amide bonds. The fourth-order valence-electron chi connectivity index (χ4n) is 5.77. The lowest BCUT2D eigenvalue weighted by Gasteiger charge is -2.33. The number of nitrogens with zero attached hydrogens (tertiary/aromatic N) is 5. The lowest BCUT2D eigenvalue weighted by Crippen LogP contribution is -2.37. The summed E-state index contributed by atoms with van der Waals surface area (Å²) in [6, 6.07) is 1.50. The van der Waals surface area contributed by atoms with Gasteiger partial charge in [0.15, 0.2) is 11.3 Å². The van der Waals surface area contributed by atoms with E-state index in [-0.39, 0.29) is 61.1 Å². The van der Waals surface area contributed by atoms with E-state index < -0.39 is 17.9 Å². The quantitative estimate of drug-likeness (QED) is 0.457. The first-order valence-electron chi connectivity index (χ1n) is 13.5. The number of rotatable bonds is 8. The minimum Gasteiger partial charge on any atom is -0.353 e. The molecule has 3 aromatic rings. The summed E-state index contributed by atoms with van der Waals surface area (Å²) in [7, 11) is 0. The number of fused-ring (bicyclic) bond motifs is 1. The fraction of sp³-hybridized carbons (Fsp3) is 0.615. The van der Waals surface area contributed by atoms with Gasteiger partial charge in [-0.3, -0.25) is 9.59 Å². The summed E-state index contributed by atoms with van der Waals surface area (Å²) in [6.07, 6.45) is 7.61. The number of halogens is 2. The topological polar surface area (TPSA) is 127 Å². The van der Waals surface area contributed by atoms with Crippen LogP contribution in [0.25, 0.3) is 5.65 Å². The van der Waals surface area contributed by atoms with Crippen LogP contribution >= 0.6 is 0 Å². The Bertz CT molecular complexity index is 1340. The molecule has 0 unspecified atom stereocenters. The van der Waals surface area contributed by atoms with E-state index in [2.05, 4.69) is 33.0 Å². The summed E-state index contributed by atoms with van der Waals surface area (Å²) in [6.45, 7) is 2.06. The molecule has 4 heterocycles. The van der Waals surface area contributed by atoms with E-state index in [0.29, 0.717) is 23.5 Å². The average Bonchev–Trinajstić information content (AvgIpc) is 3.30. The Kier molecular flexibility index (Phi) is 6.35. The second-order valence-corrected chi connectivity index (χ2v) is 11.0. The standard InChI is InChI=1S/C26H31F2N7O3/c1-2-18-11-17(24(36)30-18)9-14-10-20-31-19(13-35(20)29-12-14)21(16-5-7-26(27,28)8-6-16)32-25(37)23-22(15-3-4-15)33-38-34-23/h10,12-13,15-18,21H,2-9,11H2,1H3,(H,30,36)(H,32,37)/t17-,18+,21-/m0/s1. The van der Waals surface area contributed by atoms with Crippen molar-refractivity contribution >= 4 is 17.5 Å². The van der Waals surface area contributed by atoms with Gasteiger partial charge in [-0.05, 0) is 67.7 Å². The Balaban J connectivity index is 1.26. The molecule has 6 rings (SSSR count). The van der Waals surface area contributed by atoms with Gasteiger partial charge in [-0.2, -0.15) is 5.10 Å². The van der Waals surface area contributed by atoms with Crippen molar-refractivity contribution in [1.82, 2.24) is 35.5 Å². The van der Waals surface area contributed by atoms with Gasteiger partial charge in [0.05, 0.1) is 24.1 Å². The van der Waals surface area contributed by atoms with Crippen LogP contribution in [0.1, 0.15) is 97.7 Å². The zero-order valence-electron chi connectivity index (χ0n) is 21.2. The van der Waals surface area contributed by atoms with Crippen molar-refractivity contribution in [3.05, 3.63) is 41.1 Å². The summed E-state index contributed by atoms with van der Waals surface area (Å²) < 4.78 is 34.4. The lowest BCUT2D eigenvalue weighted by atomic mass is 9.81. The Morgan fingerprint density at radius 1 is 1.26 bits per heavy atom. The largest absolute Gasteiger partial charge is 0.353 e. The molecule has 12 heteroatoms. The van der Waals surface area contributed by atoms with Gasteiger partial charge in [-0.25, -0.2) is 22.9 Å². The van der Waals surface area contributed by atoms with E-state index >= 15 is 0 Å². The molecule has 3 atom stereocenters. The van der Waals surface area contributed by atoms with Crippen molar-refractivity contribution < 1.29 is 23.0 Å². The minimum atomic E-state index is -2.70. The number of amides is 2. The summed E-state index contributed by atoms with van der Waals surface area (Å²) in [5.74, 6) is -3.24. The van der Waals surface area contributed by atoms with Gasteiger partial charge in [-0.15, -0.1) is 0 Å². The van der Waals surface area contributed by atoms with Gasteiger partial charge in [0.1, 0.15) is 5.69 Å². The molecule has 2 aliphatic carbocycles. The van der Waals surface area contributed by atoms with Crippen LogP contribution in [0.2, 0.25) is 0 Å². The third kappa shape index (κ3) is 5.00. The molecule has 10 nitrogen and oxygen atoms in total. The Morgan fingerprint density at radius 3 is 2.76 bits per heavy atom. The van der Waals surface area contributed by atoms with Gasteiger partial charge in [-0.1, -0.05) is 12.1 Å². The minimum absolute atomic E-state index is 0.0607. The van der Waals surface area contributed by atoms with E-state index in [9.17, 15) is 18.4 Å². The summed E-state index contributed by atoms with van der Waals surface area (Å²) in [4.78, 5) is 30.3. The predicted molar refractivity (Wildman–Crippen MR) is 130 cm³/mol. The average molecular weight is 528 g/mol. The molecular weight excluding hydrogens is 496 g/mol. The molecule has 2 N–H and O–H groups in total. The zero-order chi connectivity index (χ0) is 26.4. The molecule has 3 aliphatic rings. The fourth-order valence-corrected chi connectivity index (χ4v) is 5.77. The number of carbonyl (C=O) groups excluding carboxylic acids is 2. The zero-order valence-corrected chi connectivity index (χ0v) is 21.2. The van der Waals surface area contributed by atoms with Crippen molar-refractivity contribution in [3.8, 4) is 0 Å². The van der Waals surface area contributed by atoms with E-state index in [1.54, 1.807) is 16.9 Å². The molecule has 3 aromatic heterocycles. The predicted octanol–water partition coefficient (Wildman–Crippen LogP) is 3.74. The normalized spacial score (nSPS) is 24.4. The van der Waals surface area contributed by atoms with Crippen molar-refractivity contribution in [3.63, 3.8) is 0 Å². The molecule has 0 radical (unpaired) electrons. The number of hydrogen-bond donors (Lipinski definition) is 2. The molecule has 202 valence electrons. The number of hydrogen-bond acceptors (Lipinski definition) is 7. The van der Waals surface area contributed by atoms with Crippen LogP contribution in [0.15, 0.2) is 23.1 Å². The van der Waals surface area contributed by atoms with Crippen molar-refractivity contribution in [2.75, 3.05) is 0 Å². The second-order valence-electron chi connectivity index (χ2n) is 11.0. The molecule has 1 saturated heterocycles. The van der Waals surface area contributed by atoms with Crippen LogP contribution in [0.5, 0.6) is 0 Å². The van der Waals surface area contributed by atoms with Gasteiger partial charge >= 0.3 is 0 Å². The third-order valence-corrected chi connectivity index (χ3v) is 8.19. The molecule has 0 aromatic carbocycles. The Hall–Kier alpha value is -3.44. The van der Waals surface area contributed by atoms with Crippen molar-refractivity contribution in [2.45, 2.75) is 88.6 Å². The smallest absolute Gasteiger partial charge is 0.276 e.